The molecule has 3 heteroatoms. The first-order valence-corrected chi connectivity index (χ1v) is 6.82. The molecular weight excluding hydrogens is 210 g/mol. The molecule has 0 bridgehead atoms. The maximum atomic E-state index is 4.60. The van der Waals surface area contributed by atoms with E-state index in [0.717, 1.165) is 12.5 Å². The van der Waals surface area contributed by atoms with E-state index in [0.29, 0.717) is 6.04 Å². The second-order valence-corrected chi connectivity index (χ2v) is 5.09. The summed E-state index contributed by atoms with van der Waals surface area (Å²) < 4.78 is 1.96. The highest BCUT2D eigenvalue weighted by molar-refractivity contribution is 5.12. The molecule has 0 aromatic carbocycles. The van der Waals surface area contributed by atoms with Crippen molar-refractivity contribution in [2.75, 3.05) is 6.54 Å². The predicted octanol–water partition coefficient (Wildman–Crippen LogP) is 3.21. The Labute approximate surface area is 106 Å². The van der Waals surface area contributed by atoms with Crippen molar-refractivity contribution in [3.63, 3.8) is 0 Å². The van der Waals surface area contributed by atoms with Gasteiger partial charge >= 0.3 is 0 Å². The van der Waals surface area contributed by atoms with Crippen molar-refractivity contribution in [3.8, 4) is 0 Å². The molecule has 1 aromatic heterocycles. The van der Waals surface area contributed by atoms with E-state index in [2.05, 4.69) is 44.2 Å². The molecule has 0 radical (unpaired) electrons. The molecule has 0 aliphatic heterocycles. The first-order valence-electron chi connectivity index (χ1n) is 6.82. The fraction of sp³-hybridized carbons (Fsp3) is 0.786. The summed E-state index contributed by atoms with van der Waals surface area (Å²) in [5, 5.41) is 8.22. The molecule has 2 unspecified atom stereocenters. The van der Waals surface area contributed by atoms with Crippen LogP contribution in [0.15, 0.2) is 6.07 Å². The first kappa shape index (κ1) is 14.2. The van der Waals surface area contributed by atoms with Gasteiger partial charge in [-0.1, -0.05) is 27.2 Å². The lowest BCUT2D eigenvalue weighted by molar-refractivity contribution is 0.394. The van der Waals surface area contributed by atoms with Gasteiger partial charge in [-0.25, -0.2) is 0 Å². The average Bonchev–Trinajstić information content (AvgIpc) is 2.64. The molecule has 0 aliphatic rings. The standard InChI is InChI=1S/C14H27N3/c1-6-8-15-13(9-11(3)7-2)14-10-12(4)17(5)16-14/h10-11,13,15H,6-9H2,1-5H3. The smallest absolute Gasteiger partial charge is 0.0796 e. The molecule has 1 aromatic rings. The summed E-state index contributed by atoms with van der Waals surface area (Å²) in [7, 11) is 2.01. The molecule has 1 rings (SSSR count). The maximum Gasteiger partial charge on any atom is 0.0796 e. The van der Waals surface area contributed by atoms with Gasteiger partial charge in [-0.3, -0.25) is 4.68 Å². The molecule has 1 heterocycles. The van der Waals surface area contributed by atoms with E-state index in [1.54, 1.807) is 0 Å². The normalized spacial score (nSPS) is 14.9. The minimum absolute atomic E-state index is 0.407. The molecule has 0 aliphatic carbocycles. The number of nitrogens with zero attached hydrogens (tertiary/aromatic N) is 2. The van der Waals surface area contributed by atoms with Gasteiger partial charge in [0.15, 0.2) is 0 Å². The van der Waals surface area contributed by atoms with Crippen molar-refractivity contribution in [2.24, 2.45) is 13.0 Å². The fourth-order valence-electron chi connectivity index (χ4n) is 1.95. The Morgan fingerprint density at radius 1 is 1.41 bits per heavy atom. The van der Waals surface area contributed by atoms with E-state index in [4.69, 9.17) is 0 Å². The average molecular weight is 237 g/mol. The monoisotopic (exact) mass is 237 g/mol. The highest BCUT2D eigenvalue weighted by atomic mass is 15.3. The number of aromatic nitrogens is 2. The highest BCUT2D eigenvalue weighted by Gasteiger charge is 2.17. The van der Waals surface area contributed by atoms with Crippen LogP contribution in [0.2, 0.25) is 0 Å². The largest absolute Gasteiger partial charge is 0.309 e. The lowest BCUT2D eigenvalue weighted by Gasteiger charge is -2.19. The van der Waals surface area contributed by atoms with E-state index in [-0.39, 0.29) is 0 Å². The van der Waals surface area contributed by atoms with Gasteiger partial charge in [0, 0.05) is 12.7 Å². The van der Waals surface area contributed by atoms with Gasteiger partial charge in [-0.2, -0.15) is 5.10 Å². The molecule has 2 atom stereocenters. The minimum Gasteiger partial charge on any atom is -0.309 e. The fourth-order valence-corrected chi connectivity index (χ4v) is 1.95. The van der Waals surface area contributed by atoms with Crippen LogP contribution in [-0.2, 0) is 7.05 Å². The Kier molecular flexibility index (Phi) is 5.69. The van der Waals surface area contributed by atoms with Crippen LogP contribution in [0.3, 0.4) is 0 Å². The van der Waals surface area contributed by atoms with Gasteiger partial charge < -0.3 is 5.32 Å². The van der Waals surface area contributed by atoms with E-state index >= 15 is 0 Å². The highest BCUT2D eigenvalue weighted by Crippen LogP contribution is 2.22. The van der Waals surface area contributed by atoms with Crippen LogP contribution in [-0.4, -0.2) is 16.3 Å². The lowest BCUT2D eigenvalue weighted by Crippen LogP contribution is -2.24. The SMILES string of the molecule is CCCNC(CC(C)CC)c1cc(C)n(C)n1. The number of aryl methyl sites for hydroxylation is 2. The van der Waals surface area contributed by atoms with Crippen LogP contribution < -0.4 is 5.32 Å². The molecule has 0 saturated carbocycles. The molecule has 3 nitrogen and oxygen atoms in total. The maximum absolute atomic E-state index is 4.60. The van der Waals surface area contributed by atoms with Gasteiger partial charge in [0.1, 0.15) is 0 Å². The van der Waals surface area contributed by atoms with E-state index in [9.17, 15) is 0 Å². The minimum atomic E-state index is 0.407. The van der Waals surface area contributed by atoms with Crippen molar-refractivity contribution < 1.29 is 0 Å². The summed E-state index contributed by atoms with van der Waals surface area (Å²) in [6.07, 6.45) is 3.58. The molecule has 0 fully saturated rings. The summed E-state index contributed by atoms with van der Waals surface area (Å²) in [4.78, 5) is 0. The Morgan fingerprint density at radius 2 is 2.12 bits per heavy atom. The van der Waals surface area contributed by atoms with Crippen molar-refractivity contribution in [1.82, 2.24) is 15.1 Å². The summed E-state index contributed by atoms with van der Waals surface area (Å²) in [5.74, 6) is 0.742. The van der Waals surface area contributed by atoms with Crippen LogP contribution in [0, 0.1) is 12.8 Å². The molecule has 17 heavy (non-hydrogen) atoms. The number of rotatable bonds is 7. The Balaban J connectivity index is 2.74. The van der Waals surface area contributed by atoms with Gasteiger partial charge in [-0.15, -0.1) is 0 Å². The van der Waals surface area contributed by atoms with Crippen molar-refractivity contribution >= 4 is 0 Å². The van der Waals surface area contributed by atoms with Gasteiger partial charge in [0.05, 0.1) is 11.7 Å². The van der Waals surface area contributed by atoms with Crippen LogP contribution in [0.5, 0.6) is 0 Å². The Hall–Kier alpha value is -0.830. The molecule has 0 saturated heterocycles. The van der Waals surface area contributed by atoms with Gasteiger partial charge in [0.2, 0.25) is 0 Å². The van der Waals surface area contributed by atoms with Crippen LogP contribution in [0.4, 0.5) is 0 Å². The van der Waals surface area contributed by atoms with E-state index < -0.39 is 0 Å². The Bertz CT molecular complexity index is 311. The van der Waals surface area contributed by atoms with E-state index in [1.165, 1.54) is 30.7 Å². The Morgan fingerprint density at radius 3 is 2.59 bits per heavy atom. The first-order chi connectivity index (χ1) is 8.08. The summed E-state index contributed by atoms with van der Waals surface area (Å²) in [5.41, 5.74) is 2.42. The van der Waals surface area contributed by atoms with Crippen molar-refractivity contribution in [2.45, 2.75) is 53.0 Å². The molecule has 0 amide bonds. The third-order valence-electron chi connectivity index (χ3n) is 3.47. The molecule has 1 N–H and O–H groups in total. The number of hydrogen-bond donors (Lipinski definition) is 1. The summed E-state index contributed by atoms with van der Waals surface area (Å²) >= 11 is 0. The second kappa shape index (κ2) is 6.80. The number of hydrogen-bond acceptors (Lipinski definition) is 2. The van der Waals surface area contributed by atoms with Crippen LogP contribution in [0.1, 0.15) is 57.5 Å². The third-order valence-corrected chi connectivity index (χ3v) is 3.47. The molecule has 98 valence electrons. The lowest BCUT2D eigenvalue weighted by atomic mass is 9.97. The van der Waals surface area contributed by atoms with Crippen LogP contribution in [0.25, 0.3) is 0 Å². The van der Waals surface area contributed by atoms with Gasteiger partial charge in [0.25, 0.3) is 0 Å². The van der Waals surface area contributed by atoms with E-state index in [1.807, 2.05) is 11.7 Å². The zero-order chi connectivity index (χ0) is 12.8. The predicted molar refractivity (Wildman–Crippen MR) is 73.1 cm³/mol. The summed E-state index contributed by atoms with van der Waals surface area (Å²) in [6, 6.07) is 2.61. The van der Waals surface area contributed by atoms with Crippen molar-refractivity contribution in [3.05, 3.63) is 17.5 Å². The second-order valence-electron chi connectivity index (χ2n) is 5.09. The molecule has 0 spiro atoms. The zero-order valence-electron chi connectivity index (χ0n) is 12.0. The van der Waals surface area contributed by atoms with Crippen LogP contribution >= 0.6 is 0 Å². The quantitative estimate of drug-likeness (QED) is 0.789. The molecular formula is C14H27N3. The van der Waals surface area contributed by atoms with Crippen molar-refractivity contribution in [1.29, 1.82) is 0 Å². The zero-order valence-corrected chi connectivity index (χ0v) is 12.0. The topological polar surface area (TPSA) is 29.9 Å². The van der Waals surface area contributed by atoms with Gasteiger partial charge in [-0.05, 0) is 38.3 Å². The number of nitrogens with one attached hydrogen (secondary N) is 1. The third kappa shape index (κ3) is 4.15. The summed E-state index contributed by atoms with van der Waals surface area (Å²) in [6.45, 7) is 9.95.